The molecule has 2 nitrogen and oxygen atoms in total. The number of aryl methyl sites for hydroxylation is 1. The molecule has 0 aromatic heterocycles. The summed E-state index contributed by atoms with van der Waals surface area (Å²) >= 11 is 0. The highest BCUT2D eigenvalue weighted by atomic mass is 16.2. The molecule has 3 aromatic rings. The normalized spacial score (nSPS) is 11.1. The van der Waals surface area contributed by atoms with Crippen LogP contribution in [0.15, 0.2) is 91.0 Å². The smallest absolute Gasteiger partial charge is 0.247 e. The van der Waals surface area contributed by atoms with Crippen LogP contribution in [0.2, 0.25) is 0 Å². The fourth-order valence-corrected chi connectivity index (χ4v) is 3.23. The van der Waals surface area contributed by atoms with E-state index < -0.39 is 0 Å². The third-order valence-electron chi connectivity index (χ3n) is 4.66. The van der Waals surface area contributed by atoms with Crippen molar-refractivity contribution >= 4 is 12.0 Å². The first-order valence-electron chi connectivity index (χ1n) is 9.34. The first-order chi connectivity index (χ1) is 13.2. The average Bonchev–Trinajstić information content (AvgIpc) is 2.72. The Hall–Kier alpha value is -3.13. The van der Waals surface area contributed by atoms with Crippen LogP contribution in [-0.2, 0) is 4.79 Å². The number of benzene rings is 3. The van der Waals surface area contributed by atoms with Crippen LogP contribution in [0.3, 0.4) is 0 Å². The zero-order valence-electron chi connectivity index (χ0n) is 15.9. The molecular weight excluding hydrogens is 330 g/mol. The van der Waals surface area contributed by atoms with Crippen LogP contribution in [-0.4, -0.2) is 17.4 Å². The van der Waals surface area contributed by atoms with E-state index in [-0.39, 0.29) is 11.9 Å². The van der Waals surface area contributed by atoms with Crippen LogP contribution in [0, 0.1) is 6.92 Å². The first kappa shape index (κ1) is 18.7. The van der Waals surface area contributed by atoms with Crippen LogP contribution >= 0.6 is 0 Å². The summed E-state index contributed by atoms with van der Waals surface area (Å²) in [5.74, 6) is 0.00998. The van der Waals surface area contributed by atoms with Gasteiger partial charge in [-0.2, -0.15) is 0 Å². The molecule has 1 amide bonds. The summed E-state index contributed by atoms with van der Waals surface area (Å²) in [5.41, 5.74) is 4.47. The van der Waals surface area contributed by atoms with Gasteiger partial charge in [-0.15, -0.1) is 0 Å². The molecule has 0 heterocycles. The Bertz CT molecular complexity index is 843. The van der Waals surface area contributed by atoms with E-state index in [4.69, 9.17) is 0 Å². The van der Waals surface area contributed by atoms with E-state index in [2.05, 4.69) is 43.3 Å². The molecule has 0 fully saturated rings. The summed E-state index contributed by atoms with van der Waals surface area (Å²) < 4.78 is 0. The highest BCUT2D eigenvalue weighted by molar-refractivity contribution is 5.92. The molecule has 2 heteroatoms. The topological polar surface area (TPSA) is 20.3 Å². The van der Waals surface area contributed by atoms with Gasteiger partial charge in [0.15, 0.2) is 0 Å². The number of likely N-dealkylation sites (N-methyl/N-ethyl adjacent to an activating group) is 1. The Morgan fingerprint density at radius 1 is 0.852 bits per heavy atom. The predicted octanol–water partition coefficient (Wildman–Crippen LogP) is 5.65. The molecule has 0 saturated carbocycles. The number of hydrogen-bond acceptors (Lipinski definition) is 1. The lowest BCUT2D eigenvalue weighted by atomic mass is 9.97. The van der Waals surface area contributed by atoms with Crippen LogP contribution in [0.1, 0.15) is 35.2 Å². The van der Waals surface area contributed by atoms with E-state index in [0.29, 0.717) is 6.54 Å². The minimum absolute atomic E-state index is 0.00998. The second-order valence-electron chi connectivity index (χ2n) is 6.59. The molecule has 0 N–H and O–H groups in total. The molecule has 0 aliphatic heterocycles. The van der Waals surface area contributed by atoms with Crippen molar-refractivity contribution in [2.45, 2.75) is 19.9 Å². The maximum absolute atomic E-state index is 13.0. The van der Waals surface area contributed by atoms with Crippen LogP contribution in [0.4, 0.5) is 0 Å². The number of carbonyl (C=O) groups is 1. The van der Waals surface area contributed by atoms with Crippen LogP contribution in [0.25, 0.3) is 6.08 Å². The molecule has 0 aliphatic carbocycles. The Morgan fingerprint density at radius 2 is 1.37 bits per heavy atom. The van der Waals surface area contributed by atoms with Crippen molar-refractivity contribution in [1.29, 1.82) is 0 Å². The van der Waals surface area contributed by atoms with Crippen molar-refractivity contribution in [2.75, 3.05) is 6.54 Å². The largest absolute Gasteiger partial charge is 0.328 e. The second kappa shape index (κ2) is 9.00. The lowest BCUT2D eigenvalue weighted by Gasteiger charge is -2.31. The van der Waals surface area contributed by atoms with E-state index >= 15 is 0 Å². The molecule has 0 aliphatic rings. The number of nitrogens with zero attached hydrogens (tertiary/aromatic N) is 1. The fraction of sp³-hybridized carbons (Fsp3) is 0.160. The quantitative estimate of drug-likeness (QED) is 0.524. The number of amides is 1. The second-order valence-corrected chi connectivity index (χ2v) is 6.59. The van der Waals surface area contributed by atoms with E-state index in [0.717, 1.165) is 16.7 Å². The van der Waals surface area contributed by atoms with Crippen molar-refractivity contribution < 1.29 is 4.79 Å². The summed E-state index contributed by atoms with van der Waals surface area (Å²) in [6, 6.07) is 28.5. The monoisotopic (exact) mass is 355 g/mol. The molecule has 0 bridgehead atoms. The minimum Gasteiger partial charge on any atom is -0.328 e. The zero-order chi connectivity index (χ0) is 19.1. The van der Waals surface area contributed by atoms with Crippen molar-refractivity contribution in [3.05, 3.63) is 113 Å². The molecule has 0 saturated heterocycles. The number of carbonyl (C=O) groups excluding carboxylic acids is 1. The van der Waals surface area contributed by atoms with Crippen LogP contribution in [0.5, 0.6) is 0 Å². The van der Waals surface area contributed by atoms with Gasteiger partial charge in [-0.25, -0.2) is 0 Å². The molecule has 3 rings (SSSR count). The minimum atomic E-state index is -0.104. The Morgan fingerprint density at radius 3 is 1.85 bits per heavy atom. The molecule has 0 spiro atoms. The van der Waals surface area contributed by atoms with Gasteiger partial charge >= 0.3 is 0 Å². The van der Waals surface area contributed by atoms with Gasteiger partial charge < -0.3 is 4.90 Å². The lowest BCUT2D eigenvalue weighted by molar-refractivity contribution is -0.127. The van der Waals surface area contributed by atoms with Crippen LogP contribution < -0.4 is 0 Å². The third kappa shape index (κ3) is 4.73. The van der Waals surface area contributed by atoms with E-state index in [9.17, 15) is 4.79 Å². The summed E-state index contributed by atoms with van der Waals surface area (Å²) in [7, 11) is 0. The molecule has 3 aromatic carbocycles. The van der Waals surface area contributed by atoms with Gasteiger partial charge in [-0.05, 0) is 36.6 Å². The standard InChI is InChI=1S/C25H25NO/c1-3-26(24(27)19-18-21-16-14-20(2)15-17-21)25(22-10-6-4-7-11-22)23-12-8-5-9-13-23/h4-19,25H,3H2,1-2H3/b19-18+. The fourth-order valence-electron chi connectivity index (χ4n) is 3.23. The van der Waals surface area contributed by atoms with E-state index in [1.54, 1.807) is 6.08 Å². The van der Waals surface area contributed by atoms with Gasteiger partial charge in [-0.1, -0.05) is 90.5 Å². The summed E-state index contributed by atoms with van der Waals surface area (Å²) in [6.45, 7) is 4.71. The van der Waals surface area contributed by atoms with Gasteiger partial charge in [-0.3, -0.25) is 4.79 Å². The molecule has 136 valence electrons. The van der Waals surface area contributed by atoms with Gasteiger partial charge in [0.2, 0.25) is 5.91 Å². The Kier molecular flexibility index (Phi) is 6.22. The summed E-state index contributed by atoms with van der Waals surface area (Å²) in [6.07, 6.45) is 3.56. The van der Waals surface area contributed by atoms with E-state index in [1.807, 2.05) is 66.4 Å². The number of hydrogen-bond donors (Lipinski definition) is 0. The maximum Gasteiger partial charge on any atom is 0.247 e. The first-order valence-corrected chi connectivity index (χ1v) is 9.34. The Balaban J connectivity index is 1.91. The van der Waals surface area contributed by atoms with E-state index in [1.165, 1.54) is 5.56 Å². The van der Waals surface area contributed by atoms with Crippen molar-refractivity contribution in [3.63, 3.8) is 0 Å². The van der Waals surface area contributed by atoms with Gasteiger partial charge in [0.05, 0.1) is 6.04 Å². The predicted molar refractivity (Wildman–Crippen MR) is 112 cm³/mol. The summed E-state index contributed by atoms with van der Waals surface area (Å²) in [5, 5.41) is 0. The average molecular weight is 355 g/mol. The summed E-state index contributed by atoms with van der Waals surface area (Å²) in [4.78, 5) is 15.0. The van der Waals surface area contributed by atoms with Crippen molar-refractivity contribution in [2.24, 2.45) is 0 Å². The SMILES string of the molecule is CCN(C(=O)/C=C/c1ccc(C)cc1)C(c1ccccc1)c1ccccc1. The number of rotatable bonds is 6. The highest BCUT2D eigenvalue weighted by Crippen LogP contribution is 2.28. The van der Waals surface area contributed by atoms with Crippen molar-refractivity contribution in [1.82, 2.24) is 4.90 Å². The molecule has 27 heavy (non-hydrogen) atoms. The maximum atomic E-state index is 13.0. The zero-order valence-corrected chi connectivity index (χ0v) is 15.9. The lowest BCUT2D eigenvalue weighted by Crippen LogP contribution is -2.34. The highest BCUT2D eigenvalue weighted by Gasteiger charge is 2.23. The van der Waals surface area contributed by atoms with Gasteiger partial charge in [0.1, 0.15) is 0 Å². The van der Waals surface area contributed by atoms with Crippen molar-refractivity contribution in [3.8, 4) is 0 Å². The molecule has 0 radical (unpaired) electrons. The Labute approximate surface area is 161 Å². The molecular formula is C25H25NO. The molecule has 0 unspecified atom stereocenters. The van der Waals surface area contributed by atoms with Gasteiger partial charge in [0, 0.05) is 12.6 Å². The van der Waals surface area contributed by atoms with Gasteiger partial charge in [0.25, 0.3) is 0 Å². The molecule has 0 atom stereocenters. The third-order valence-corrected chi connectivity index (χ3v) is 4.66.